The van der Waals surface area contributed by atoms with Gasteiger partial charge in [0, 0.05) is 11.4 Å². The van der Waals surface area contributed by atoms with Gasteiger partial charge in [-0.2, -0.15) is 0 Å². The number of nitrogens with zero attached hydrogens (tertiary/aromatic N) is 1. The average molecular weight is 504 g/mol. The number of hydrogen-bond donors (Lipinski definition) is 2. The zero-order valence-electron chi connectivity index (χ0n) is 18.6. The minimum Gasteiger partial charge on any atom is -0.494 e. The molecule has 9 nitrogen and oxygen atoms in total. The van der Waals surface area contributed by atoms with Crippen molar-refractivity contribution in [3.63, 3.8) is 0 Å². The summed E-state index contributed by atoms with van der Waals surface area (Å²) in [5.41, 5.74) is 1.06. The Hall–Kier alpha value is -3.57. The molecule has 0 spiro atoms. The van der Waals surface area contributed by atoms with Crippen LogP contribution >= 0.6 is 0 Å². The fourth-order valence-corrected chi connectivity index (χ4v) is 4.96. The van der Waals surface area contributed by atoms with E-state index in [4.69, 9.17) is 4.74 Å². The van der Waals surface area contributed by atoms with Crippen molar-refractivity contribution in [3.05, 3.63) is 78.9 Å². The molecular weight excluding hydrogens is 478 g/mol. The van der Waals surface area contributed by atoms with Gasteiger partial charge in [-0.1, -0.05) is 18.2 Å². The third-order valence-electron chi connectivity index (χ3n) is 4.60. The number of hydrogen-bond acceptors (Lipinski definition) is 6. The van der Waals surface area contributed by atoms with Crippen LogP contribution in [0, 0.1) is 0 Å². The van der Waals surface area contributed by atoms with Crippen LogP contribution in [-0.2, 0) is 24.8 Å². The lowest BCUT2D eigenvalue weighted by atomic mass is 10.3. The highest BCUT2D eigenvalue weighted by Crippen LogP contribution is 2.22. The van der Waals surface area contributed by atoms with Gasteiger partial charge in [-0.15, -0.1) is 0 Å². The van der Waals surface area contributed by atoms with E-state index in [1.807, 2.05) is 6.92 Å². The summed E-state index contributed by atoms with van der Waals surface area (Å²) in [5, 5.41) is 2.59. The molecule has 3 aromatic rings. The van der Waals surface area contributed by atoms with Crippen molar-refractivity contribution in [2.24, 2.45) is 0 Å². The lowest BCUT2D eigenvalue weighted by Gasteiger charge is -2.22. The molecular formula is C23H25N3O6S2. The number of carbonyl (C=O) groups is 1. The second kappa shape index (κ2) is 10.6. The smallest absolute Gasteiger partial charge is 0.261 e. The van der Waals surface area contributed by atoms with Crippen LogP contribution in [0.25, 0.3) is 0 Å². The van der Waals surface area contributed by atoms with Crippen molar-refractivity contribution < 1.29 is 26.4 Å². The average Bonchev–Trinajstić information content (AvgIpc) is 2.78. The lowest BCUT2D eigenvalue weighted by Crippen LogP contribution is -2.37. The molecule has 0 aliphatic rings. The van der Waals surface area contributed by atoms with Crippen molar-refractivity contribution in [1.82, 2.24) is 0 Å². The van der Waals surface area contributed by atoms with Gasteiger partial charge >= 0.3 is 0 Å². The van der Waals surface area contributed by atoms with Gasteiger partial charge in [0.25, 0.3) is 10.0 Å². The molecule has 0 saturated carbocycles. The highest BCUT2D eigenvalue weighted by atomic mass is 32.2. The lowest BCUT2D eigenvalue weighted by molar-refractivity contribution is -0.114. The van der Waals surface area contributed by atoms with Gasteiger partial charge < -0.3 is 10.1 Å². The van der Waals surface area contributed by atoms with Gasteiger partial charge in [-0.3, -0.25) is 13.8 Å². The zero-order chi connectivity index (χ0) is 24.8. The molecule has 180 valence electrons. The summed E-state index contributed by atoms with van der Waals surface area (Å²) < 4.78 is 58.4. The Kier molecular flexibility index (Phi) is 7.79. The minimum atomic E-state index is -3.80. The van der Waals surface area contributed by atoms with E-state index >= 15 is 0 Å². The van der Waals surface area contributed by atoms with E-state index in [2.05, 4.69) is 10.0 Å². The third-order valence-corrected chi connectivity index (χ3v) is 7.14. The van der Waals surface area contributed by atoms with Crippen LogP contribution in [0.1, 0.15) is 6.92 Å². The normalized spacial score (nSPS) is 11.5. The van der Waals surface area contributed by atoms with Crippen molar-refractivity contribution in [3.8, 4) is 5.75 Å². The Bertz CT molecular complexity index is 1330. The van der Waals surface area contributed by atoms with Gasteiger partial charge in [0.1, 0.15) is 12.3 Å². The number of anilines is 3. The molecule has 0 aromatic heterocycles. The van der Waals surface area contributed by atoms with Gasteiger partial charge in [-0.05, 0) is 67.6 Å². The second-order valence-electron chi connectivity index (χ2n) is 7.24. The molecule has 0 unspecified atom stereocenters. The largest absolute Gasteiger partial charge is 0.494 e. The number of sulfonamides is 2. The van der Waals surface area contributed by atoms with Gasteiger partial charge in [0.2, 0.25) is 15.9 Å². The first-order chi connectivity index (χ1) is 16.1. The molecule has 0 saturated heterocycles. The second-order valence-corrected chi connectivity index (χ2v) is 10.8. The van der Waals surface area contributed by atoms with E-state index < -0.39 is 32.5 Å². The Morgan fingerprint density at radius 1 is 0.853 bits per heavy atom. The first-order valence-electron chi connectivity index (χ1n) is 10.3. The van der Waals surface area contributed by atoms with Crippen molar-refractivity contribution >= 4 is 43.0 Å². The Morgan fingerprint density at radius 3 is 2.03 bits per heavy atom. The van der Waals surface area contributed by atoms with Crippen molar-refractivity contribution in [2.75, 3.05) is 33.8 Å². The maximum atomic E-state index is 12.6. The minimum absolute atomic E-state index is 0.0153. The van der Waals surface area contributed by atoms with E-state index in [1.54, 1.807) is 54.6 Å². The molecule has 0 atom stereocenters. The molecule has 11 heteroatoms. The van der Waals surface area contributed by atoms with Crippen LogP contribution < -0.4 is 19.1 Å². The fraction of sp³-hybridized carbons (Fsp3) is 0.174. The predicted octanol–water partition coefficient (Wildman–Crippen LogP) is 3.29. The molecule has 1 amide bonds. The standard InChI is InChI=1S/C23H25N3O6S2/c1-3-32-21-13-11-20(12-14-21)26(33(2,28)29)17-23(27)24-18-9-15-22(16-10-18)34(30,31)25-19-7-5-4-6-8-19/h4-16,25H,3,17H2,1-2H3,(H,24,27). The van der Waals surface area contributed by atoms with E-state index in [1.165, 1.54) is 24.3 Å². The van der Waals surface area contributed by atoms with Crippen LogP contribution in [0.3, 0.4) is 0 Å². The molecule has 0 radical (unpaired) electrons. The summed E-state index contributed by atoms with van der Waals surface area (Å²) >= 11 is 0. The SMILES string of the molecule is CCOc1ccc(N(CC(=O)Nc2ccc(S(=O)(=O)Nc3ccccc3)cc2)S(C)(=O)=O)cc1. The summed E-state index contributed by atoms with van der Waals surface area (Å²) in [6.45, 7) is 1.85. The third kappa shape index (κ3) is 6.72. The van der Waals surface area contributed by atoms with Crippen LogP contribution in [0.5, 0.6) is 5.75 Å². The maximum absolute atomic E-state index is 12.6. The number of nitrogens with one attached hydrogen (secondary N) is 2. The number of carbonyl (C=O) groups excluding carboxylic acids is 1. The first kappa shape index (κ1) is 25.1. The number of benzene rings is 3. The Morgan fingerprint density at radius 2 is 1.47 bits per heavy atom. The van der Waals surface area contributed by atoms with Crippen LogP contribution in [0.4, 0.5) is 17.1 Å². The summed E-state index contributed by atoms with van der Waals surface area (Å²) in [5.74, 6) is -0.00160. The van der Waals surface area contributed by atoms with Crippen molar-refractivity contribution in [1.29, 1.82) is 0 Å². The van der Waals surface area contributed by atoms with E-state index in [-0.39, 0.29) is 4.90 Å². The van der Waals surface area contributed by atoms with Crippen LogP contribution in [0.2, 0.25) is 0 Å². The summed E-state index contributed by atoms with van der Waals surface area (Å²) in [6, 6.07) is 20.4. The van der Waals surface area contributed by atoms with E-state index in [9.17, 15) is 21.6 Å². The zero-order valence-corrected chi connectivity index (χ0v) is 20.3. The molecule has 3 aromatic carbocycles. The summed E-state index contributed by atoms with van der Waals surface area (Å²) in [7, 11) is -7.54. The monoisotopic (exact) mass is 503 g/mol. The van der Waals surface area contributed by atoms with Crippen LogP contribution in [-0.4, -0.2) is 42.2 Å². The topological polar surface area (TPSA) is 122 Å². The van der Waals surface area contributed by atoms with Crippen LogP contribution in [0.15, 0.2) is 83.8 Å². The quantitative estimate of drug-likeness (QED) is 0.438. The molecule has 3 rings (SSSR count). The molecule has 34 heavy (non-hydrogen) atoms. The molecule has 0 bridgehead atoms. The molecule has 2 N–H and O–H groups in total. The fourth-order valence-electron chi connectivity index (χ4n) is 3.04. The van der Waals surface area contributed by atoms with Gasteiger partial charge in [0.15, 0.2) is 0 Å². The predicted molar refractivity (Wildman–Crippen MR) is 132 cm³/mol. The molecule has 0 aliphatic carbocycles. The molecule has 0 heterocycles. The number of amides is 1. The molecule has 0 aliphatic heterocycles. The molecule has 0 fully saturated rings. The van der Waals surface area contributed by atoms with Gasteiger partial charge in [-0.25, -0.2) is 16.8 Å². The highest BCUT2D eigenvalue weighted by molar-refractivity contribution is 7.92. The summed E-state index contributed by atoms with van der Waals surface area (Å²) in [6.07, 6.45) is 1.01. The van der Waals surface area contributed by atoms with Gasteiger partial charge in [0.05, 0.1) is 23.4 Å². The maximum Gasteiger partial charge on any atom is 0.261 e. The Balaban J connectivity index is 1.69. The van der Waals surface area contributed by atoms with E-state index in [0.717, 1.165) is 10.6 Å². The number of rotatable bonds is 10. The highest BCUT2D eigenvalue weighted by Gasteiger charge is 2.21. The first-order valence-corrected chi connectivity index (χ1v) is 13.6. The Labute approximate surface area is 199 Å². The van der Waals surface area contributed by atoms with E-state index in [0.29, 0.717) is 29.4 Å². The number of para-hydroxylation sites is 1. The summed E-state index contributed by atoms with van der Waals surface area (Å²) in [4.78, 5) is 12.6. The number of ether oxygens (including phenoxy) is 1. The van der Waals surface area contributed by atoms with Crippen molar-refractivity contribution in [2.45, 2.75) is 11.8 Å².